The van der Waals surface area contributed by atoms with Crippen molar-refractivity contribution in [1.29, 1.82) is 0 Å². The van der Waals surface area contributed by atoms with Crippen LogP contribution in [0.4, 0.5) is 10.5 Å². The van der Waals surface area contributed by atoms with Crippen molar-refractivity contribution in [1.82, 2.24) is 5.32 Å². The van der Waals surface area contributed by atoms with Crippen molar-refractivity contribution in [3.05, 3.63) is 63.6 Å². The van der Waals surface area contributed by atoms with Crippen molar-refractivity contribution < 1.29 is 14.7 Å². The van der Waals surface area contributed by atoms with E-state index in [9.17, 15) is 14.7 Å². The highest BCUT2D eigenvalue weighted by Gasteiger charge is 2.64. The van der Waals surface area contributed by atoms with Crippen LogP contribution >= 0.6 is 23.2 Å². The van der Waals surface area contributed by atoms with Crippen molar-refractivity contribution in [3.8, 4) is 0 Å². The quantitative estimate of drug-likeness (QED) is 0.624. The van der Waals surface area contributed by atoms with E-state index in [1.54, 1.807) is 24.3 Å². The van der Waals surface area contributed by atoms with Gasteiger partial charge in [0.1, 0.15) is 5.41 Å². The van der Waals surface area contributed by atoms with Crippen molar-refractivity contribution >= 4 is 40.9 Å². The normalized spacial score (nSPS) is 25.8. The Morgan fingerprint density at radius 1 is 1.20 bits per heavy atom. The van der Waals surface area contributed by atoms with Crippen molar-refractivity contribution in [2.45, 2.75) is 38.6 Å². The molecule has 2 aromatic rings. The summed E-state index contributed by atoms with van der Waals surface area (Å²) in [5.74, 6) is -0.533. The summed E-state index contributed by atoms with van der Waals surface area (Å²) < 4.78 is 0. The minimum absolute atomic E-state index is 0.0495. The molecule has 2 amide bonds. The van der Waals surface area contributed by atoms with Crippen LogP contribution in [-0.4, -0.2) is 23.7 Å². The molecule has 3 unspecified atom stereocenters. The Bertz CT molecular complexity index is 1030. The van der Waals surface area contributed by atoms with E-state index in [-0.39, 0.29) is 11.3 Å². The molecule has 2 aliphatic rings. The number of nitrogens with one attached hydrogen (secondary N) is 1. The van der Waals surface area contributed by atoms with E-state index in [2.05, 4.69) is 26.1 Å². The lowest BCUT2D eigenvalue weighted by molar-refractivity contribution is -0.124. The third kappa shape index (κ3) is 3.20. The van der Waals surface area contributed by atoms with Gasteiger partial charge in [0.15, 0.2) is 0 Å². The summed E-state index contributed by atoms with van der Waals surface area (Å²) in [5, 5.41) is 14.4. The number of anilines is 1. The third-order valence-corrected chi connectivity index (χ3v) is 6.57. The number of imide groups is 1. The smallest absolute Gasteiger partial charge is 0.418 e. The first kappa shape index (κ1) is 21.2. The molecule has 5 nitrogen and oxygen atoms in total. The zero-order chi connectivity index (χ0) is 21.8. The predicted octanol–water partition coefficient (Wildman–Crippen LogP) is 5.65. The molecular weight excluding hydrogens is 423 g/mol. The molecule has 0 aliphatic carbocycles. The molecule has 1 spiro atoms. The Balaban J connectivity index is 1.99. The van der Waals surface area contributed by atoms with Gasteiger partial charge in [0, 0.05) is 16.6 Å². The number of carboxylic acid groups (broad SMARTS) is 1. The van der Waals surface area contributed by atoms with Gasteiger partial charge in [-0.3, -0.25) is 4.79 Å². The number of nitrogens with zero attached hydrogens (tertiary/aromatic N) is 1. The molecule has 30 heavy (non-hydrogen) atoms. The van der Waals surface area contributed by atoms with E-state index in [0.717, 1.165) is 16.9 Å². The summed E-state index contributed by atoms with van der Waals surface area (Å²) in [6.45, 7) is 6.98. The maximum absolute atomic E-state index is 13.9. The minimum atomic E-state index is -1.30. The molecule has 4 rings (SSSR count). The number of amides is 2. The van der Waals surface area contributed by atoms with Crippen LogP contribution in [0.25, 0.3) is 0 Å². The second-order valence-corrected chi connectivity index (χ2v) is 10.2. The van der Waals surface area contributed by atoms with Gasteiger partial charge in [-0.25, -0.2) is 9.69 Å². The summed E-state index contributed by atoms with van der Waals surface area (Å²) in [4.78, 5) is 26.9. The Labute approximate surface area is 186 Å². The number of fused-ring (bicyclic) bond motifs is 2. The molecular formula is C23H24Cl2N2O3. The molecule has 2 aromatic carbocycles. The van der Waals surface area contributed by atoms with Gasteiger partial charge in [-0.05, 0) is 53.1 Å². The molecule has 2 N–H and O–H groups in total. The van der Waals surface area contributed by atoms with E-state index in [4.69, 9.17) is 23.2 Å². The van der Waals surface area contributed by atoms with E-state index >= 15 is 0 Å². The first-order valence-electron chi connectivity index (χ1n) is 9.92. The molecule has 7 heteroatoms. The van der Waals surface area contributed by atoms with Crippen LogP contribution in [0.1, 0.15) is 44.4 Å². The summed E-state index contributed by atoms with van der Waals surface area (Å²) >= 11 is 12.5. The summed E-state index contributed by atoms with van der Waals surface area (Å²) in [6.07, 6.45) is -0.551. The van der Waals surface area contributed by atoms with Gasteiger partial charge in [0.05, 0.1) is 11.7 Å². The van der Waals surface area contributed by atoms with E-state index in [1.165, 1.54) is 0 Å². The summed E-state index contributed by atoms with van der Waals surface area (Å²) in [6, 6.07) is 12.1. The van der Waals surface area contributed by atoms with E-state index in [0.29, 0.717) is 27.8 Å². The van der Waals surface area contributed by atoms with Gasteiger partial charge in [-0.1, -0.05) is 62.2 Å². The summed E-state index contributed by atoms with van der Waals surface area (Å²) in [7, 11) is 0. The zero-order valence-corrected chi connectivity index (χ0v) is 18.6. The topological polar surface area (TPSA) is 69.6 Å². The molecule has 0 bridgehead atoms. The summed E-state index contributed by atoms with van der Waals surface area (Å²) in [5.41, 5.74) is 0.793. The number of carbonyl (C=O) groups excluding carboxylic acids is 1. The Morgan fingerprint density at radius 2 is 1.90 bits per heavy atom. The van der Waals surface area contributed by atoms with Crippen molar-refractivity contribution in [2.75, 3.05) is 11.4 Å². The van der Waals surface area contributed by atoms with E-state index < -0.39 is 23.5 Å². The molecule has 3 atom stereocenters. The number of halogens is 2. The second-order valence-electron chi connectivity index (χ2n) is 9.31. The number of hydrogen-bond donors (Lipinski definition) is 2. The number of rotatable bonds is 2. The minimum Gasteiger partial charge on any atom is -0.464 e. The second kappa shape index (κ2) is 7.26. The number of benzene rings is 2. The molecule has 158 valence electrons. The van der Waals surface area contributed by atoms with Crippen LogP contribution in [0.2, 0.25) is 10.0 Å². The van der Waals surface area contributed by atoms with Crippen molar-refractivity contribution in [2.24, 2.45) is 11.3 Å². The van der Waals surface area contributed by atoms with Gasteiger partial charge in [-0.15, -0.1) is 0 Å². The lowest BCUT2D eigenvalue weighted by atomic mass is 9.63. The molecule has 2 aliphatic heterocycles. The highest BCUT2D eigenvalue weighted by atomic mass is 35.5. The van der Waals surface area contributed by atoms with Crippen molar-refractivity contribution in [3.63, 3.8) is 0 Å². The number of hydrogen-bond acceptors (Lipinski definition) is 3. The fourth-order valence-corrected chi connectivity index (χ4v) is 5.53. The molecule has 0 radical (unpaired) electrons. The lowest BCUT2D eigenvalue weighted by Crippen LogP contribution is -2.49. The maximum Gasteiger partial charge on any atom is 0.418 e. The monoisotopic (exact) mass is 446 g/mol. The van der Waals surface area contributed by atoms with Gasteiger partial charge >= 0.3 is 6.09 Å². The van der Waals surface area contributed by atoms with Gasteiger partial charge in [-0.2, -0.15) is 0 Å². The molecule has 0 aromatic heterocycles. The van der Waals surface area contributed by atoms with Crippen LogP contribution in [-0.2, 0) is 10.2 Å². The average Bonchev–Trinajstić information content (AvgIpc) is 3.11. The Kier molecular flexibility index (Phi) is 5.12. The number of carbonyl (C=O) groups is 2. The largest absolute Gasteiger partial charge is 0.464 e. The van der Waals surface area contributed by atoms with Crippen LogP contribution in [0, 0.1) is 11.3 Å². The fourth-order valence-electron chi connectivity index (χ4n) is 5.17. The predicted molar refractivity (Wildman–Crippen MR) is 118 cm³/mol. The Hall–Kier alpha value is -2.08. The average molecular weight is 447 g/mol. The van der Waals surface area contributed by atoms with Crippen LogP contribution in [0.15, 0.2) is 42.5 Å². The van der Waals surface area contributed by atoms with E-state index in [1.807, 2.05) is 18.2 Å². The standard InChI is InChI=1S/C23H24Cl2N2O3/c1-22(2,3)11-14-12-26-19(13-5-4-6-15(24)9-13)23(14)17-8-7-16(25)10-18(17)27(20(23)28)21(29)30/h4-10,14,19,26H,11-12H2,1-3H3,(H,29,30). The Morgan fingerprint density at radius 3 is 2.53 bits per heavy atom. The van der Waals surface area contributed by atoms with Gasteiger partial charge in [0.2, 0.25) is 5.91 Å². The van der Waals surface area contributed by atoms with Crippen LogP contribution in [0.5, 0.6) is 0 Å². The lowest BCUT2D eigenvalue weighted by Gasteiger charge is -2.37. The zero-order valence-electron chi connectivity index (χ0n) is 17.1. The first-order valence-corrected chi connectivity index (χ1v) is 10.7. The van der Waals surface area contributed by atoms with Gasteiger partial charge < -0.3 is 10.4 Å². The van der Waals surface area contributed by atoms with Crippen LogP contribution in [0.3, 0.4) is 0 Å². The fraction of sp³-hybridized carbons (Fsp3) is 0.391. The maximum atomic E-state index is 13.9. The highest BCUT2D eigenvalue weighted by molar-refractivity contribution is 6.32. The molecule has 0 saturated carbocycles. The molecule has 1 saturated heterocycles. The highest BCUT2D eigenvalue weighted by Crippen LogP contribution is 2.58. The van der Waals surface area contributed by atoms with Crippen LogP contribution < -0.4 is 10.2 Å². The third-order valence-electron chi connectivity index (χ3n) is 6.10. The van der Waals surface area contributed by atoms with Gasteiger partial charge in [0.25, 0.3) is 0 Å². The molecule has 1 fully saturated rings. The SMILES string of the molecule is CC(C)(C)CC1CNC(c2cccc(Cl)c2)C12C(=O)N(C(=O)O)c1cc(Cl)ccc12. The molecule has 2 heterocycles. The first-order chi connectivity index (χ1) is 14.1.